The van der Waals surface area contributed by atoms with E-state index in [2.05, 4.69) is 6.92 Å². The number of nitrogens with two attached hydrogens (primary N) is 1. The molecule has 2 fully saturated rings. The van der Waals surface area contributed by atoms with Gasteiger partial charge in [-0.25, -0.2) is 0 Å². The van der Waals surface area contributed by atoms with Crippen LogP contribution < -0.4 is 5.73 Å². The predicted molar refractivity (Wildman–Crippen MR) is 87.7 cm³/mol. The number of phenols is 1. The predicted octanol–water partition coefficient (Wildman–Crippen LogP) is 1.82. The molecule has 1 aromatic carbocycles. The lowest BCUT2D eigenvalue weighted by Gasteiger charge is -2.62. The molecule has 1 aromatic rings. The van der Waals surface area contributed by atoms with Gasteiger partial charge in [0.15, 0.2) is 0 Å². The van der Waals surface area contributed by atoms with Crippen LogP contribution in [0.1, 0.15) is 60.5 Å². The Hall–Kier alpha value is -1.88. The molecule has 4 unspecified atom stereocenters. The van der Waals surface area contributed by atoms with Crippen molar-refractivity contribution >= 4 is 11.7 Å². The fraction of sp³-hybridized carbons (Fsp3) is 0.579. The van der Waals surface area contributed by atoms with Crippen LogP contribution in [0.5, 0.6) is 5.75 Å². The van der Waals surface area contributed by atoms with Crippen molar-refractivity contribution in [1.82, 2.24) is 0 Å². The van der Waals surface area contributed by atoms with Crippen LogP contribution in [-0.2, 0) is 16.6 Å². The molecule has 2 saturated carbocycles. The minimum atomic E-state index is -1.00. The second kappa shape index (κ2) is 4.82. The molecule has 0 aliphatic heterocycles. The quantitative estimate of drug-likeness (QED) is 0.731. The van der Waals surface area contributed by atoms with Gasteiger partial charge in [-0.15, -0.1) is 0 Å². The van der Waals surface area contributed by atoms with E-state index in [1.807, 2.05) is 6.07 Å². The highest BCUT2D eigenvalue weighted by Gasteiger charge is 2.65. The van der Waals surface area contributed by atoms with Gasteiger partial charge in [0.2, 0.25) is 0 Å². The maximum atomic E-state index is 12.3. The van der Waals surface area contributed by atoms with E-state index in [4.69, 9.17) is 5.73 Å². The van der Waals surface area contributed by atoms with E-state index in [0.717, 1.165) is 12.0 Å². The Labute approximate surface area is 140 Å². The van der Waals surface area contributed by atoms with Crippen molar-refractivity contribution in [3.05, 3.63) is 28.8 Å². The van der Waals surface area contributed by atoms with Gasteiger partial charge in [0.1, 0.15) is 11.5 Å². The Morgan fingerprint density at radius 1 is 1.33 bits per heavy atom. The molecular weight excluding hydrogens is 306 g/mol. The molecule has 1 amide bonds. The monoisotopic (exact) mass is 329 g/mol. The highest BCUT2D eigenvalue weighted by molar-refractivity contribution is 5.96. The summed E-state index contributed by atoms with van der Waals surface area (Å²) in [5, 5.41) is 22.5. The second-order valence-electron chi connectivity index (χ2n) is 7.91. The van der Waals surface area contributed by atoms with Crippen LogP contribution in [0.25, 0.3) is 0 Å². The Morgan fingerprint density at radius 3 is 2.79 bits per heavy atom. The molecule has 3 aliphatic carbocycles. The van der Waals surface area contributed by atoms with Gasteiger partial charge in [-0.3, -0.25) is 9.59 Å². The van der Waals surface area contributed by atoms with E-state index < -0.39 is 16.9 Å². The smallest absolute Gasteiger partial charge is 0.252 e. The maximum Gasteiger partial charge on any atom is 0.252 e. The summed E-state index contributed by atoms with van der Waals surface area (Å²) in [6.45, 7) is 2.16. The van der Waals surface area contributed by atoms with E-state index in [9.17, 15) is 19.8 Å². The number of aliphatic hydroxyl groups is 1. The largest absolute Gasteiger partial charge is 0.507 e. The average Bonchev–Trinajstić information content (AvgIpc) is 2.51. The first kappa shape index (κ1) is 15.6. The maximum absolute atomic E-state index is 12.3. The summed E-state index contributed by atoms with van der Waals surface area (Å²) in [5.74, 6) is -0.275. The van der Waals surface area contributed by atoms with Gasteiger partial charge in [0, 0.05) is 23.8 Å². The summed E-state index contributed by atoms with van der Waals surface area (Å²) >= 11 is 0. The molecule has 2 bridgehead atoms. The van der Waals surface area contributed by atoms with Crippen molar-refractivity contribution in [3.63, 3.8) is 0 Å². The fourth-order valence-corrected chi connectivity index (χ4v) is 5.71. The van der Waals surface area contributed by atoms with Crippen LogP contribution in [-0.4, -0.2) is 27.5 Å². The van der Waals surface area contributed by atoms with Gasteiger partial charge in [0.05, 0.1) is 11.2 Å². The van der Waals surface area contributed by atoms with Gasteiger partial charge in [-0.2, -0.15) is 0 Å². The van der Waals surface area contributed by atoms with Gasteiger partial charge < -0.3 is 15.9 Å². The lowest BCUT2D eigenvalue weighted by Crippen LogP contribution is -2.66. The van der Waals surface area contributed by atoms with E-state index in [1.165, 1.54) is 0 Å². The van der Waals surface area contributed by atoms with E-state index in [-0.39, 0.29) is 29.4 Å². The molecule has 4 N–H and O–H groups in total. The molecule has 0 radical (unpaired) electrons. The van der Waals surface area contributed by atoms with Crippen molar-refractivity contribution in [2.75, 3.05) is 0 Å². The van der Waals surface area contributed by atoms with Crippen LogP contribution in [0, 0.1) is 11.8 Å². The summed E-state index contributed by atoms with van der Waals surface area (Å²) in [7, 11) is 0. The summed E-state index contributed by atoms with van der Waals surface area (Å²) in [6, 6.07) is 3.39. The average molecular weight is 329 g/mol. The highest BCUT2D eigenvalue weighted by Crippen LogP contribution is 2.63. The third kappa shape index (κ3) is 1.73. The van der Waals surface area contributed by atoms with Gasteiger partial charge in [-0.1, -0.05) is 13.0 Å². The van der Waals surface area contributed by atoms with Crippen LogP contribution in [0.15, 0.2) is 12.1 Å². The molecule has 3 aliphatic rings. The molecule has 0 heterocycles. The Balaban J connectivity index is 2.02. The molecule has 128 valence electrons. The minimum absolute atomic E-state index is 0.0700. The number of benzene rings is 1. The summed E-state index contributed by atoms with van der Waals surface area (Å²) in [6.07, 6.45) is 3.26. The molecule has 4 atom stereocenters. The van der Waals surface area contributed by atoms with E-state index in [0.29, 0.717) is 37.2 Å². The number of hydrogen-bond acceptors (Lipinski definition) is 4. The Kier molecular flexibility index (Phi) is 3.14. The topological polar surface area (TPSA) is 101 Å². The van der Waals surface area contributed by atoms with Gasteiger partial charge in [0.25, 0.3) is 5.91 Å². The van der Waals surface area contributed by atoms with Crippen LogP contribution >= 0.6 is 0 Å². The highest BCUT2D eigenvalue weighted by atomic mass is 16.3. The van der Waals surface area contributed by atoms with Gasteiger partial charge >= 0.3 is 0 Å². The fourth-order valence-electron chi connectivity index (χ4n) is 5.71. The molecule has 24 heavy (non-hydrogen) atoms. The van der Waals surface area contributed by atoms with E-state index >= 15 is 0 Å². The van der Waals surface area contributed by atoms with Gasteiger partial charge in [-0.05, 0) is 49.1 Å². The number of carbonyl (C=O) groups is 2. The molecule has 0 aromatic heterocycles. The molecule has 0 spiro atoms. The molecule has 5 nitrogen and oxygen atoms in total. The lowest BCUT2D eigenvalue weighted by atomic mass is 9.44. The van der Waals surface area contributed by atoms with Crippen LogP contribution in [0.3, 0.4) is 0 Å². The van der Waals surface area contributed by atoms with Crippen molar-refractivity contribution in [2.24, 2.45) is 17.6 Å². The summed E-state index contributed by atoms with van der Waals surface area (Å²) < 4.78 is 0. The number of fused-ring (bicyclic) bond motifs is 1. The summed E-state index contributed by atoms with van der Waals surface area (Å²) in [5.41, 5.74) is 5.21. The Morgan fingerprint density at radius 2 is 2.08 bits per heavy atom. The van der Waals surface area contributed by atoms with Crippen molar-refractivity contribution in [1.29, 1.82) is 0 Å². The number of aromatic hydroxyl groups is 1. The zero-order chi connectivity index (χ0) is 17.3. The Bertz CT molecular complexity index is 758. The lowest BCUT2D eigenvalue weighted by molar-refractivity contribution is -0.170. The molecular formula is C19H23NO4. The standard InChI is InChI=1S/C19H23NO4/c1-10-4-6-18-9-12(21)5-7-19(18,24)14(10)8-11-2-3-13(17(20)23)16(22)15(11)18/h2-3,10,14,22,24H,4-9H2,1H3,(H2,20,23). The zero-order valence-electron chi connectivity index (χ0n) is 13.8. The minimum Gasteiger partial charge on any atom is -0.507 e. The normalized spacial score (nSPS) is 37.5. The number of hydrogen-bond donors (Lipinski definition) is 3. The first-order valence-electron chi connectivity index (χ1n) is 8.69. The van der Waals surface area contributed by atoms with Crippen LogP contribution in [0.2, 0.25) is 0 Å². The number of rotatable bonds is 1. The zero-order valence-corrected chi connectivity index (χ0v) is 13.8. The number of amides is 1. The third-order valence-corrected chi connectivity index (χ3v) is 6.89. The number of ketones is 1. The van der Waals surface area contributed by atoms with Crippen molar-refractivity contribution in [3.8, 4) is 5.75 Å². The first-order valence-corrected chi connectivity index (χ1v) is 8.69. The number of carbonyl (C=O) groups excluding carboxylic acids is 2. The third-order valence-electron chi connectivity index (χ3n) is 6.89. The first-order chi connectivity index (χ1) is 11.3. The van der Waals surface area contributed by atoms with Crippen molar-refractivity contribution < 1.29 is 19.8 Å². The van der Waals surface area contributed by atoms with E-state index in [1.54, 1.807) is 6.07 Å². The second-order valence-corrected chi connectivity index (χ2v) is 7.91. The molecule has 0 saturated heterocycles. The van der Waals surface area contributed by atoms with Crippen molar-refractivity contribution in [2.45, 2.75) is 56.5 Å². The summed E-state index contributed by atoms with van der Waals surface area (Å²) in [4.78, 5) is 24.0. The van der Waals surface area contributed by atoms with Crippen LogP contribution in [0.4, 0.5) is 0 Å². The number of primary amides is 1. The number of Topliss-reactive ketones (excluding diaryl/α,β-unsaturated/α-hetero) is 1. The molecule has 5 heteroatoms. The molecule has 4 rings (SSSR count). The SMILES string of the molecule is CC1CCC23CC(=O)CCC2(O)C1Cc1ccc(C(N)=O)c(O)c13.